The fourth-order valence-electron chi connectivity index (χ4n) is 2.92. The van der Waals surface area contributed by atoms with Crippen LogP contribution in [0.15, 0.2) is 53.0 Å². The molecular weight excluding hydrogens is 376 g/mol. The number of carbonyl (C=O) groups is 1. The number of rotatable bonds is 3. The SMILES string of the molecule is O=C(c1cc(Br)ccc1Cl)N1CC[NH+](Cc2ccccc2)CC1. The minimum absolute atomic E-state index is 0.0232. The number of nitrogens with zero attached hydrogens (tertiary/aromatic N) is 1. The van der Waals surface area contributed by atoms with E-state index in [0.29, 0.717) is 10.6 Å². The van der Waals surface area contributed by atoms with E-state index in [9.17, 15) is 4.79 Å². The Morgan fingerprint density at radius 2 is 1.83 bits per heavy atom. The minimum atomic E-state index is 0.0232. The molecule has 23 heavy (non-hydrogen) atoms. The van der Waals surface area contributed by atoms with Crippen LogP contribution in [0.4, 0.5) is 0 Å². The summed E-state index contributed by atoms with van der Waals surface area (Å²) < 4.78 is 0.874. The van der Waals surface area contributed by atoms with Gasteiger partial charge in [0, 0.05) is 10.0 Å². The average molecular weight is 395 g/mol. The first-order valence-electron chi connectivity index (χ1n) is 7.75. The van der Waals surface area contributed by atoms with Crippen LogP contribution >= 0.6 is 27.5 Å². The van der Waals surface area contributed by atoms with Crippen molar-refractivity contribution >= 4 is 33.4 Å². The van der Waals surface area contributed by atoms with Gasteiger partial charge in [-0.15, -0.1) is 0 Å². The molecule has 0 spiro atoms. The van der Waals surface area contributed by atoms with Crippen molar-refractivity contribution in [1.29, 1.82) is 0 Å². The van der Waals surface area contributed by atoms with Gasteiger partial charge in [0.25, 0.3) is 5.91 Å². The van der Waals surface area contributed by atoms with Crippen molar-refractivity contribution in [3.05, 3.63) is 69.2 Å². The van der Waals surface area contributed by atoms with Crippen LogP contribution in [0.2, 0.25) is 5.02 Å². The molecule has 0 aromatic heterocycles. The van der Waals surface area contributed by atoms with Crippen molar-refractivity contribution in [2.45, 2.75) is 6.54 Å². The second-order valence-corrected chi connectivity index (χ2v) is 7.15. The Bertz CT molecular complexity index is 685. The monoisotopic (exact) mass is 393 g/mol. The fraction of sp³-hybridized carbons (Fsp3) is 0.278. The zero-order chi connectivity index (χ0) is 16.2. The molecule has 0 unspecified atom stereocenters. The van der Waals surface area contributed by atoms with Crippen molar-refractivity contribution in [3.63, 3.8) is 0 Å². The molecule has 0 radical (unpaired) electrons. The lowest BCUT2D eigenvalue weighted by Crippen LogP contribution is -3.13. The van der Waals surface area contributed by atoms with E-state index in [0.717, 1.165) is 37.2 Å². The second kappa shape index (κ2) is 7.47. The van der Waals surface area contributed by atoms with Gasteiger partial charge in [0.15, 0.2) is 0 Å². The van der Waals surface area contributed by atoms with Crippen LogP contribution in [0.3, 0.4) is 0 Å². The molecule has 1 saturated heterocycles. The molecule has 0 saturated carbocycles. The molecule has 120 valence electrons. The maximum atomic E-state index is 12.6. The second-order valence-electron chi connectivity index (χ2n) is 5.83. The van der Waals surface area contributed by atoms with Crippen molar-refractivity contribution in [3.8, 4) is 0 Å². The van der Waals surface area contributed by atoms with Crippen molar-refractivity contribution in [2.75, 3.05) is 26.2 Å². The molecule has 1 fully saturated rings. The number of quaternary nitrogens is 1. The van der Waals surface area contributed by atoms with Gasteiger partial charge in [-0.3, -0.25) is 4.79 Å². The average Bonchev–Trinajstić information content (AvgIpc) is 2.58. The molecule has 0 bridgehead atoms. The summed E-state index contributed by atoms with van der Waals surface area (Å²) in [5, 5.41) is 0.511. The molecule has 1 aliphatic heterocycles. The Balaban J connectivity index is 1.60. The van der Waals surface area contributed by atoms with E-state index < -0.39 is 0 Å². The van der Waals surface area contributed by atoms with Gasteiger partial charge >= 0.3 is 0 Å². The molecule has 1 N–H and O–H groups in total. The molecule has 2 aromatic carbocycles. The smallest absolute Gasteiger partial charge is 0.255 e. The summed E-state index contributed by atoms with van der Waals surface area (Å²) in [6.07, 6.45) is 0. The zero-order valence-electron chi connectivity index (χ0n) is 12.8. The largest absolute Gasteiger partial charge is 0.328 e. The van der Waals surface area contributed by atoms with Crippen LogP contribution < -0.4 is 4.90 Å². The van der Waals surface area contributed by atoms with Gasteiger partial charge in [-0.1, -0.05) is 57.9 Å². The van der Waals surface area contributed by atoms with Crippen LogP contribution in [0.25, 0.3) is 0 Å². The number of piperazine rings is 1. The highest BCUT2D eigenvalue weighted by Crippen LogP contribution is 2.22. The Labute approximate surface area is 150 Å². The Morgan fingerprint density at radius 3 is 2.52 bits per heavy atom. The van der Waals surface area contributed by atoms with Crippen LogP contribution in [0.5, 0.6) is 0 Å². The molecule has 3 nitrogen and oxygen atoms in total. The van der Waals surface area contributed by atoms with Gasteiger partial charge in [-0.05, 0) is 18.2 Å². The highest BCUT2D eigenvalue weighted by Gasteiger charge is 2.25. The lowest BCUT2D eigenvalue weighted by Gasteiger charge is -2.32. The van der Waals surface area contributed by atoms with Crippen LogP contribution in [-0.4, -0.2) is 37.0 Å². The molecule has 0 aliphatic carbocycles. The highest BCUT2D eigenvalue weighted by atomic mass is 79.9. The summed E-state index contributed by atoms with van der Waals surface area (Å²) in [5.41, 5.74) is 1.92. The Morgan fingerprint density at radius 1 is 1.13 bits per heavy atom. The maximum absolute atomic E-state index is 12.6. The Hall–Kier alpha value is -1.36. The third kappa shape index (κ3) is 4.14. The quantitative estimate of drug-likeness (QED) is 0.850. The fourth-order valence-corrected chi connectivity index (χ4v) is 3.48. The van der Waals surface area contributed by atoms with Gasteiger partial charge in [-0.25, -0.2) is 0 Å². The number of nitrogens with one attached hydrogen (secondary N) is 1. The lowest BCUT2D eigenvalue weighted by molar-refractivity contribution is -0.917. The number of amides is 1. The highest BCUT2D eigenvalue weighted by molar-refractivity contribution is 9.10. The topological polar surface area (TPSA) is 24.8 Å². The van der Waals surface area contributed by atoms with Crippen LogP contribution in [-0.2, 0) is 6.54 Å². The summed E-state index contributed by atoms with van der Waals surface area (Å²) in [4.78, 5) is 16.1. The van der Waals surface area contributed by atoms with E-state index in [4.69, 9.17) is 11.6 Å². The molecule has 1 amide bonds. The summed E-state index contributed by atoms with van der Waals surface area (Å²) in [7, 11) is 0. The first kappa shape index (κ1) is 16.5. The standard InChI is InChI=1S/C18H18BrClN2O/c19-15-6-7-17(20)16(12-15)18(23)22-10-8-21(9-11-22)13-14-4-2-1-3-5-14/h1-7,12H,8-11,13H2/p+1. The van der Waals surface area contributed by atoms with E-state index in [1.54, 1.807) is 12.1 Å². The van der Waals surface area contributed by atoms with Gasteiger partial charge in [0.05, 0.1) is 36.8 Å². The van der Waals surface area contributed by atoms with Gasteiger partial charge in [0.2, 0.25) is 0 Å². The van der Waals surface area contributed by atoms with E-state index in [-0.39, 0.29) is 5.91 Å². The number of hydrogen-bond donors (Lipinski definition) is 1. The first-order chi connectivity index (χ1) is 11.1. The van der Waals surface area contributed by atoms with Gasteiger partial charge < -0.3 is 9.80 Å². The van der Waals surface area contributed by atoms with Crippen LogP contribution in [0.1, 0.15) is 15.9 Å². The van der Waals surface area contributed by atoms with Crippen molar-refractivity contribution in [2.24, 2.45) is 0 Å². The van der Waals surface area contributed by atoms with E-state index in [1.165, 1.54) is 10.5 Å². The molecule has 5 heteroatoms. The Kier molecular flexibility index (Phi) is 5.36. The third-order valence-corrected chi connectivity index (χ3v) is 5.04. The summed E-state index contributed by atoms with van der Waals surface area (Å²) in [6, 6.07) is 15.9. The van der Waals surface area contributed by atoms with Gasteiger partial charge in [0.1, 0.15) is 6.54 Å². The summed E-state index contributed by atoms with van der Waals surface area (Å²) in [5.74, 6) is 0.0232. The zero-order valence-corrected chi connectivity index (χ0v) is 15.1. The predicted molar refractivity (Wildman–Crippen MR) is 95.9 cm³/mol. The van der Waals surface area contributed by atoms with E-state index in [2.05, 4.69) is 40.2 Å². The number of carbonyl (C=O) groups excluding carboxylic acids is 1. The van der Waals surface area contributed by atoms with Crippen molar-refractivity contribution < 1.29 is 9.69 Å². The van der Waals surface area contributed by atoms with Crippen molar-refractivity contribution in [1.82, 2.24) is 4.90 Å². The molecule has 0 atom stereocenters. The number of hydrogen-bond acceptors (Lipinski definition) is 1. The van der Waals surface area contributed by atoms with E-state index >= 15 is 0 Å². The number of halogens is 2. The minimum Gasteiger partial charge on any atom is -0.328 e. The molecule has 2 aromatic rings. The van der Waals surface area contributed by atoms with E-state index in [1.807, 2.05) is 17.0 Å². The maximum Gasteiger partial charge on any atom is 0.255 e. The molecular formula is C18H19BrClN2O+. The normalized spacial score (nSPS) is 15.7. The third-order valence-electron chi connectivity index (χ3n) is 4.21. The molecule has 1 aliphatic rings. The molecule has 1 heterocycles. The molecule has 3 rings (SSSR count). The van der Waals surface area contributed by atoms with Crippen LogP contribution in [0, 0.1) is 0 Å². The van der Waals surface area contributed by atoms with Gasteiger partial charge in [-0.2, -0.15) is 0 Å². The first-order valence-corrected chi connectivity index (χ1v) is 8.92. The summed E-state index contributed by atoms with van der Waals surface area (Å²) in [6.45, 7) is 4.48. The predicted octanol–water partition coefficient (Wildman–Crippen LogP) is 2.64. The summed E-state index contributed by atoms with van der Waals surface area (Å²) >= 11 is 9.57. The lowest BCUT2D eigenvalue weighted by atomic mass is 10.1. The number of benzene rings is 2.